The Morgan fingerprint density at radius 2 is 1.83 bits per heavy atom. The molecule has 0 aliphatic heterocycles. The largest absolute Gasteiger partial charge is 0.483 e. The summed E-state index contributed by atoms with van der Waals surface area (Å²) in [6.07, 6.45) is -0.265. The minimum atomic E-state index is -0.720. The minimum Gasteiger partial charge on any atom is -0.483 e. The number of carbonyl (C=O) groups is 2. The molecule has 0 aliphatic rings. The first-order chi connectivity index (χ1) is 14.5. The number of carbonyl (C=O) groups excluding carboxylic acids is 2. The molecule has 3 rings (SSSR count). The zero-order valence-electron chi connectivity index (χ0n) is 16.8. The van der Waals surface area contributed by atoms with Gasteiger partial charge in [0.1, 0.15) is 11.5 Å². The van der Waals surface area contributed by atoms with E-state index in [1.54, 1.807) is 12.1 Å². The molecule has 1 unspecified atom stereocenters. The molecule has 2 N–H and O–H groups in total. The van der Waals surface area contributed by atoms with E-state index in [4.69, 9.17) is 9.47 Å². The van der Waals surface area contributed by atoms with Crippen molar-refractivity contribution in [2.24, 2.45) is 0 Å². The van der Waals surface area contributed by atoms with E-state index >= 15 is 0 Å². The van der Waals surface area contributed by atoms with Gasteiger partial charge in [0, 0.05) is 0 Å². The lowest BCUT2D eigenvalue weighted by Gasteiger charge is -2.18. The van der Waals surface area contributed by atoms with Crippen LogP contribution in [-0.2, 0) is 9.59 Å². The van der Waals surface area contributed by atoms with Crippen LogP contribution in [0.4, 0.5) is 0 Å². The summed E-state index contributed by atoms with van der Waals surface area (Å²) in [5.41, 5.74) is 5.79. The lowest BCUT2D eigenvalue weighted by Crippen LogP contribution is -2.49. The van der Waals surface area contributed by atoms with Gasteiger partial charge in [0.25, 0.3) is 11.8 Å². The summed E-state index contributed by atoms with van der Waals surface area (Å²) in [7, 11) is 0. The van der Waals surface area contributed by atoms with Gasteiger partial charge in [-0.2, -0.15) is 0 Å². The van der Waals surface area contributed by atoms with Crippen molar-refractivity contribution in [3.05, 3.63) is 70.7 Å². The molecule has 1 atom stereocenters. The quantitative estimate of drug-likeness (QED) is 0.504. The van der Waals surface area contributed by atoms with Gasteiger partial charge < -0.3 is 9.47 Å². The third-order valence-corrected chi connectivity index (χ3v) is 5.26. The van der Waals surface area contributed by atoms with Gasteiger partial charge >= 0.3 is 0 Å². The summed E-state index contributed by atoms with van der Waals surface area (Å²) in [6.45, 7) is 3.54. The predicted molar refractivity (Wildman–Crippen MR) is 119 cm³/mol. The van der Waals surface area contributed by atoms with Crippen LogP contribution in [0.3, 0.4) is 0 Å². The number of rotatable bonds is 7. The highest BCUT2D eigenvalue weighted by atomic mass is 79.9. The first kappa shape index (κ1) is 21.6. The Kier molecular flexibility index (Phi) is 7.30. The first-order valence-electron chi connectivity index (χ1n) is 9.60. The molecule has 0 spiro atoms. The molecular formula is C23H23BrN2O4. The molecular weight excluding hydrogens is 448 g/mol. The molecule has 7 heteroatoms. The van der Waals surface area contributed by atoms with Crippen LogP contribution < -0.4 is 20.3 Å². The second-order valence-electron chi connectivity index (χ2n) is 6.76. The van der Waals surface area contributed by atoms with Crippen molar-refractivity contribution >= 4 is 38.5 Å². The molecule has 30 heavy (non-hydrogen) atoms. The van der Waals surface area contributed by atoms with Crippen molar-refractivity contribution in [1.29, 1.82) is 0 Å². The average Bonchev–Trinajstić information content (AvgIpc) is 2.75. The van der Waals surface area contributed by atoms with E-state index in [0.29, 0.717) is 17.9 Å². The summed E-state index contributed by atoms with van der Waals surface area (Å²) in [4.78, 5) is 24.4. The number of amides is 2. The van der Waals surface area contributed by atoms with Gasteiger partial charge in [-0.15, -0.1) is 0 Å². The summed E-state index contributed by atoms with van der Waals surface area (Å²) in [5, 5.41) is 2.05. The van der Waals surface area contributed by atoms with Crippen LogP contribution in [-0.4, -0.2) is 24.5 Å². The van der Waals surface area contributed by atoms with Crippen LogP contribution in [0.15, 0.2) is 65.1 Å². The maximum atomic E-state index is 12.3. The fourth-order valence-corrected chi connectivity index (χ4v) is 3.50. The van der Waals surface area contributed by atoms with Gasteiger partial charge in [-0.3, -0.25) is 20.4 Å². The second kappa shape index (κ2) is 10.1. The van der Waals surface area contributed by atoms with Crippen molar-refractivity contribution < 1.29 is 19.1 Å². The van der Waals surface area contributed by atoms with Crippen LogP contribution in [0.5, 0.6) is 11.5 Å². The summed E-state index contributed by atoms with van der Waals surface area (Å²) >= 11 is 3.52. The predicted octanol–water partition coefficient (Wildman–Crippen LogP) is 4.29. The summed E-state index contributed by atoms with van der Waals surface area (Å²) < 4.78 is 12.1. The van der Waals surface area contributed by atoms with Crippen molar-refractivity contribution in [3.8, 4) is 11.5 Å². The first-order valence-corrected chi connectivity index (χ1v) is 10.4. The smallest absolute Gasteiger partial charge is 0.279 e. The van der Waals surface area contributed by atoms with Crippen LogP contribution in [0, 0.1) is 6.92 Å². The Morgan fingerprint density at radius 3 is 2.60 bits per heavy atom. The van der Waals surface area contributed by atoms with Crippen LogP contribution in [0.25, 0.3) is 10.8 Å². The molecule has 0 radical (unpaired) electrons. The number of hydrogen-bond donors (Lipinski definition) is 2. The van der Waals surface area contributed by atoms with E-state index in [2.05, 4.69) is 26.8 Å². The van der Waals surface area contributed by atoms with E-state index in [1.165, 1.54) is 0 Å². The maximum absolute atomic E-state index is 12.3. The molecule has 0 saturated carbocycles. The standard InChI is InChI=1S/C23H23BrN2O4/c1-3-19(30-17-9-6-7-15(2)13-17)23(28)26-25-21(27)14-29-20-12-11-16-8-4-5-10-18(16)22(20)24/h4-13,19H,3,14H2,1-2H3,(H,25,27)(H,26,28). The van der Waals surface area contributed by atoms with Gasteiger partial charge in [0.05, 0.1) is 4.47 Å². The fraction of sp³-hybridized carbons (Fsp3) is 0.217. The number of fused-ring (bicyclic) bond motifs is 1. The van der Waals surface area contributed by atoms with Gasteiger partial charge in [0.15, 0.2) is 12.7 Å². The monoisotopic (exact) mass is 470 g/mol. The molecule has 0 fully saturated rings. The summed E-state index contributed by atoms with van der Waals surface area (Å²) in [5.74, 6) is 0.241. The zero-order valence-corrected chi connectivity index (χ0v) is 18.4. The van der Waals surface area contributed by atoms with Gasteiger partial charge in [-0.25, -0.2) is 0 Å². The van der Waals surface area contributed by atoms with Gasteiger partial charge in [0.2, 0.25) is 0 Å². The normalized spacial score (nSPS) is 11.6. The Balaban J connectivity index is 1.51. The number of ether oxygens (including phenoxy) is 2. The Bertz CT molecular complexity index is 1050. The van der Waals surface area contributed by atoms with E-state index in [9.17, 15) is 9.59 Å². The van der Waals surface area contributed by atoms with E-state index < -0.39 is 17.9 Å². The van der Waals surface area contributed by atoms with Crippen LogP contribution >= 0.6 is 15.9 Å². The average molecular weight is 471 g/mol. The van der Waals surface area contributed by atoms with Gasteiger partial charge in [-0.05, 0) is 63.8 Å². The molecule has 0 saturated heterocycles. The van der Waals surface area contributed by atoms with Crippen molar-refractivity contribution in [1.82, 2.24) is 10.9 Å². The van der Waals surface area contributed by atoms with E-state index in [-0.39, 0.29) is 6.61 Å². The number of halogens is 1. The van der Waals surface area contributed by atoms with E-state index in [0.717, 1.165) is 20.8 Å². The van der Waals surface area contributed by atoms with Gasteiger partial charge in [-0.1, -0.05) is 49.4 Å². The molecule has 0 aromatic heterocycles. The minimum absolute atomic E-state index is 0.243. The van der Waals surface area contributed by atoms with Crippen molar-refractivity contribution in [3.63, 3.8) is 0 Å². The number of hydrazine groups is 1. The van der Waals surface area contributed by atoms with Crippen molar-refractivity contribution in [2.75, 3.05) is 6.61 Å². The third kappa shape index (κ3) is 5.51. The highest BCUT2D eigenvalue weighted by Gasteiger charge is 2.19. The van der Waals surface area contributed by atoms with Crippen molar-refractivity contribution in [2.45, 2.75) is 26.4 Å². The fourth-order valence-electron chi connectivity index (χ4n) is 2.89. The molecule has 3 aromatic rings. The maximum Gasteiger partial charge on any atom is 0.279 e. The number of hydrogen-bond acceptors (Lipinski definition) is 4. The Labute approximate surface area is 183 Å². The molecule has 0 aliphatic carbocycles. The highest BCUT2D eigenvalue weighted by Crippen LogP contribution is 2.32. The van der Waals surface area contributed by atoms with Crippen LogP contribution in [0.2, 0.25) is 0 Å². The summed E-state index contributed by atoms with van der Waals surface area (Å²) in [6, 6.07) is 19.0. The number of benzene rings is 3. The molecule has 0 heterocycles. The van der Waals surface area contributed by atoms with E-state index in [1.807, 2.05) is 62.4 Å². The molecule has 0 bridgehead atoms. The number of aryl methyl sites for hydroxylation is 1. The highest BCUT2D eigenvalue weighted by molar-refractivity contribution is 9.10. The number of nitrogens with one attached hydrogen (secondary N) is 2. The SMILES string of the molecule is CCC(Oc1cccc(C)c1)C(=O)NNC(=O)COc1ccc2ccccc2c1Br. The van der Waals surface area contributed by atoms with Crippen LogP contribution in [0.1, 0.15) is 18.9 Å². The third-order valence-electron chi connectivity index (χ3n) is 4.44. The lowest BCUT2D eigenvalue weighted by atomic mass is 10.1. The Hall–Kier alpha value is -3.06. The molecule has 156 valence electrons. The molecule has 6 nitrogen and oxygen atoms in total. The Morgan fingerprint density at radius 1 is 1.03 bits per heavy atom. The topological polar surface area (TPSA) is 76.7 Å². The molecule has 3 aromatic carbocycles. The lowest BCUT2D eigenvalue weighted by molar-refractivity contribution is -0.134. The zero-order chi connectivity index (χ0) is 21.5. The molecule has 2 amide bonds. The second-order valence-corrected chi connectivity index (χ2v) is 7.55.